The lowest BCUT2D eigenvalue weighted by molar-refractivity contribution is 0.242. The molecule has 0 spiro atoms. The smallest absolute Gasteiger partial charge is 0.122 e. The third-order valence-electron chi connectivity index (χ3n) is 4.03. The van der Waals surface area contributed by atoms with Crippen LogP contribution in [0, 0.1) is 0 Å². The SMILES string of the molecule is NNC(CCc1ccsc1)C1CCOc2ccccc21. The number of nitrogens with one attached hydrogen (secondary N) is 1. The number of hydrazine groups is 1. The van der Waals surface area contributed by atoms with Crippen LogP contribution in [0.15, 0.2) is 41.1 Å². The molecule has 0 saturated heterocycles. The van der Waals surface area contributed by atoms with E-state index < -0.39 is 0 Å². The second-order valence-corrected chi connectivity index (χ2v) is 6.00. The van der Waals surface area contributed by atoms with Crippen LogP contribution in [-0.4, -0.2) is 12.6 Å². The van der Waals surface area contributed by atoms with Crippen molar-refractivity contribution in [1.29, 1.82) is 0 Å². The first kappa shape index (κ1) is 13.6. The molecule has 4 heteroatoms. The highest BCUT2D eigenvalue weighted by atomic mass is 32.1. The number of hydrogen-bond acceptors (Lipinski definition) is 4. The van der Waals surface area contributed by atoms with E-state index in [0.29, 0.717) is 12.0 Å². The summed E-state index contributed by atoms with van der Waals surface area (Å²) in [6.45, 7) is 0.776. The van der Waals surface area contributed by atoms with Crippen LogP contribution in [-0.2, 0) is 6.42 Å². The number of fused-ring (bicyclic) bond motifs is 1. The Bertz CT molecular complexity index is 541. The number of hydrogen-bond donors (Lipinski definition) is 2. The minimum Gasteiger partial charge on any atom is -0.493 e. The lowest BCUT2D eigenvalue weighted by atomic mass is 9.84. The Morgan fingerprint density at radius 3 is 3.05 bits per heavy atom. The molecule has 3 N–H and O–H groups in total. The van der Waals surface area contributed by atoms with E-state index in [2.05, 4.69) is 34.4 Å². The van der Waals surface area contributed by atoms with Crippen LogP contribution in [0.1, 0.15) is 29.9 Å². The molecule has 2 unspecified atom stereocenters. The van der Waals surface area contributed by atoms with E-state index in [-0.39, 0.29) is 0 Å². The molecule has 20 heavy (non-hydrogen) atoms. The summed E-state index contributed by atoms with van der Waals surface area (Å²) >= 11 is 1.75. The third kappa shape index (κ3) is 2.87. The van der Waals surface area contributed by atoms with E-state index >= 15 is 0 Å². The Labute approximate surface area is 123 Å². The summed E-state index contributed by atoms with van der Waals surface area (Å²) in [6, 6.07) is 10.8. The van der Waals surface area contributed by atoms with Gasteiger partial charge in [-0.1, -0.05) is 18.2 Å². The number of benzene rings is 1. The Morgan fingerprint density at radius 2 is 2.25 bits per heavy atom. The van der Waals surface area contributed by atoms with Gasteiger partial charge in [0.2, 0.25) is 0 Å². The summed E-state index contributed by atoms with van der Waals surface area (Å²) in [4.78, 5) is 0. The van der Waals surface area contributed by atoms with Crippen molar-refractivity contribution < 1.29 is 4.74 Å². The molecule has 106 valence electrons. The quantitative estimate of drug-likeness (QED) is 0.656. The summed E-state index contributed by atoms with van der Waals surface area (Å²) in [5, 5.41) is 4.34. The average molecular weight is 288 g/mol. The first-order valence-electron chi connectivity index (χ1n) is 7.07. The molecule has 0 aliphatic carbocycles. The van der Waals surface area contributed by atoms with E-state index in [0.717, 1.165) is 31.6 Å². The van der Waals surface area contributed by atoms with Crippen LogP contribution in [0.5, 0.6) is 5.75 Å². The van der Waals surface area contributed by atoms with Gasteiger partial charge in [0.1, 0.15) is 5.75 Å². The van der Waals surface area contributed by atoms with Crippen LogP contribution in [0.25, 0.3) is 0 Å². The third-order valence-corrected chi connectivity index (χ3v) is 4.76. The van der Waals surface area contributed by atoms with Crippen molar-refractivity contribution in [2.45, 2.75) is 31.2 Å². The molecule has 1 aromatic carbocycles. The summed E-state index contributed by atoms with van der Waals surface area (Å²) < 4.78 is 5.73. The molecule has 2 atom stereocenters. The summed E-state index contributed by atoms with van der Waals surface area (Å²) in [5.41, 5.74) is 5.71. The molecule has 2 heterocycles. The number of nitrogens with two attached hydrogens (primary N) is 1. The standard InChI is InChI=1S/C16H20N2OS/c17-18-15(6-5-12-8-10-20-11-12)13-7-9-19-16-4-2-1-3-14(13)16/h1-4,8,10-11,13,15,18H,5-7,9,17H2. The molecular weight excluding hydrogens is 268 g/mol. The van der Waals surface area contributed by atoms with Crippen molar-refractivity contribution in [2.24, 2.45) is 5.84 Å². The van der Waals surface area contributed by atoms with Gasteiger partial charge >= 0.3 is 0 Å². The monoisotopic (exact) mass is 288 g/mol. The molecule has 2 aromatic rings. The van der Waals surface area contributed by atoms with Gasteiger partial charge in [0.25, 0.3) is 0 Å². The first-order valence-corrected chi connectivity index (χ1v) is 8.01. The molecule has 0 fully saturated rings. The van der Waals surface area contributed by atoms with Crippen LogP contribution in [0.4, 0.5) is 0 Å². The molecule has 3 nitrogen and oxygen atoms in total. The number of para-hydroxylation sites is 1. The van der Waals surface area contributed by atoms with E-state index in [1.165, 1.54) is 11.1 Å². The Morgan fingerprint density at radius 1 is 1.35 bits per heavy atom. The fourth-order valence-electron chi connectivity index (χ4n) is 2.95. The van der Waals surface area contributed by atoms with E-state index in [1.54, 1.807) is 11.3 Å². The number of ether oxygens (including phenoxy) is 1. The fraction of sp³-hybridized carbons (Fsp3) is 0.375. The van der Waals surface area contributed by atoms with Crippen LogP contribution >= 0.6 is 11.3 Å². The molecule has 0 saturated carbocycles. The summed E-state index contributed by atoms with van der Waals surface area (Å²) in [7, 11) is 0. The highest BCUT2D eigenvalue weighted by molar-refractivity contribution is 7.07. The summed E-state index contributed by atoms with van der Waals surface area (Å²) in [5.74, 6) is 7.26. The zero-order chi connectivity index (χ0) is 13.8. The maximum atomic E-state index is 5.81. The van der Waals surface area contributed by atoms with Crippen molar-refractivity contribution >= 4 is 11.3 Å². The minimum absolute atomic E-state index is 0.292. The Balaban J connectivity index is 1.73. The van der Waals surface area contributed by atoms with Crippen molar-refractivity contribution in [1.82, 2.24) is 5.43 Å². The van der Waals surface area contributed by atoms with Gasteiger partial charge in [-0.25, -0.2) is 0 Å². The Hall–Kier alpha value is -1.36. The molecule has 3 rings (SSSR count). The highest BCUT2D eigenvalue weighted by Crippen LogP contribution is 2.36. The van der Waals surface area contributed by atoms with Gasteiger partial charge < -0.3 is 4.74 Å². The van der Waals surface area contributed by atoms with Crippen LogP contribution in [0.3, 0.4) is 0 Å². The van der Waals surface area contributed by atoms with Crippen molar-refractivity contribution in [3.05, 3.63) is 52.2 Å². The van der Waals surface area contributed by atoms with Crippen molar-refractivity contribution in [3.8, 4) is 5.75 Å². The number of aryl methyl sites for hydroxylation is 1. The second kappa shape index (κ2) is 6.39. The molecule has 1 aliphatic rings. The molecule has 1 aliphatic heterocycles. The Kier molecular flexibility index (Phi) is 4.35. The molecular formula is C16H20N2OS. The molecule has 1 aromatic heterocycles. The van der Waals surface area contributed by atoms with Crippen LogP contribution in [0.2, 0.25) is 0 Å². The zero-order valence-corrected chi connectivity index (χ0v) is 12.2. The highest BCUT2D eigenvalue weighted by Gasteiger charge is 2.27. The lowest BCUT2D eigenvalue weighted by Gasteiger charge is -2.32. The van der Waals surface area contributed by atoms with Gasteiger partial charge in [-0.3, -0.25) is 11.3 Å². The lowest BCUT2D eigenvalue weighted by Crippen LogP contribution is -2.41. The summed E-state index contributed by atoms with van der Waals surface area (Å²) in [6.07, 6.45) is 3.14. The normalized spacial score (nSPS) is 19.1. The van der Waals surface area contributed by atoms with E-state index in [9.17, 15) is 0 Å². The average Bonchev–Trinajstić information content (AvgIpc) is 3.01. The second-order valence-electron chi connectivity index (χ2n) is 5.22. The van der Waals surface area contributed by atoms with Gasteiger partial charge in [0.05, 0.1) is 6.61 Å². The largest absolute Gasteiger partial charge is 0.493 e. The first-order chi connectivity index (χ1) is 9.88. The predicted molar refractivity (Wildman–Crippen MR) is 83.0 cm³/mol. The van der Waals surface area contributed by atoms with Gasteiger partial charge in [0, 0.05) is 12.0 Å². The van der Waals surface area contributed by atoms with E-state index in [4.69, 9.17) is 10.6 Å². The predicted octanol–water partition coefficient (Wildman–Crippen LogP) is 3.08. The molecule has 0 bridgehead atoms. The number of thiophene rings is 1. The molecule has 0 amide bonds. The van der Waals surface area contributed by atoms with Crippen LogP contribution < -0.4 is 16.0 Å². The van der Waals surface area contributed by atoms with Gasteiger partial charge in [-0.05, 0) is 53.3 Å². The van der Waals surface area contributed by atoms with E-state index in [1.807, 2.05) is 12.1 Å². The molecule has 0 radical (unpaired) electrons. The van der Waals surface area contributed by atoms with Crippen molar-refractivity contribution in [3.63, 3.8) is 0 Å². The van der Waals surface area contributed by atoms with Gasteiger partial charge in [-0.2, -0.15) is 11.3 Å². The van der Waals surface area contributed by atoms with Gasteiger partial charge in [0.15, 0.2) is 0 Å². The van der Waals surface area contributed by atoms with Gasteiger partial charge in [-0.15, -0.1) is 0 Å². The maximum absolute atomic E-state index is 5.81. The zero-order valence-electron chi connectivity index (χ0n) is 11.4. The van der Waals surface area contributed by atoms with Crippen molar-refractivity contribution in [2.75, 3.05) is 6.61 Å². The minimum atomic E-state index is 0.292. The maximum Gasteiger partial charge on any atom is 0.122 e. The fourth-order valence-corrected chi connectivity index (χ4v) is 3.65. The number of rotatable bonds is 5. The topological polar surface area (TPSA) is 47.3 Å².